The topological polar surface area (TPSA) is 88.9 Å². The Kier molecular flexibility index (Phi) is 8.57. The van der Waals surface area contributed by atoms with Crippen LogP contribution in [0.25, 0.3) is 10.9 Å². The third kappa shape index (κ3) is 6.64. The first-order chi connectivity index (χ1) is 17.5. The third-order valence-electron chi connectivity index (χ3n) is 5.33. The second kappa shape index (κ2) is 12.2. The second-order valence-electron chi connectivity index (χ2n) is 7.71. The Labute approximate surface area is 212 Å². The molecule has 0 radical (unpaired) electrons. The molecule has 2 aromatic carbocycles. The van der Waals surface area contributed by atoms with Gasteiger partial charge in [0, 0.05) is 36.8 Å². The Hall–Kier alpha value is -3.84. The fourth-order valence-corrected chi connectivity index (χ4v) is 3.66. The van der Waals surface area contributed by atoms with Crippen LogP contribution < -0.4 is 10.1 Å². The summed E-state index contributed by atoms with van der Waals surface area (Å²) in [5, 5.41) is 3.81. The molecule has 0 unspecified atom stereocenters. The van der Waals surface area contributed by atoms with Crippen LogP contribution >= 0.6 is 11.6 Å². The van der Waals surface area contributed by atoms with Crippen molar-refractivity contribution in [3.8, 4) is 17.6 Å². The van der Waals surface area contributed by atoms with E-state index in [1.165, 1.54) is 24.7 Å². The average molecular weight is 508 g/mol. The molecule has 0 spiro atoms. The number of aromatic nitrogens is 2. The number of benzene rings is 2. The number of carbonyl (C=O) groups excluding carboxylic acids is 1. The van der Waals surface area contributed by atoms with E-state index >= 15 is 0 Å². The van der Waals surface area contributed by atoms with Crippen molar-refractivity contribution in [2.45, 2.75) is 0 Å². The molecule has 1 N–H and O–H groups in total. The molecule has 8 nitrogen and oxygen atoms in total. The van der Waals surface area contributed by atoms with Crippen molar-refractivity contribution in [3.05, 3.63) is 65.7 Å². The molecule has 10 heteroatoms. The highest BCUT2D eigenvalue weighted by atomic mass is 35.5. The van der Waals surface area contributed by atoms with Crippen molar-refractivity contribution in [2.75, 3.05) is 44.8 Å². The number of rotatable bonds is 7. The van der Waals surface area contributed by atoms with Crippen molar-refractivity contribution in [2.24, 2.45) is 4.99 Å². The predicted molar refractivity (Wildman–Crippen MR) is 138 cm³/mol. The Morgan fingerprint density at radius 3 is 2.92 bits per heavy atom. The lowest BCUT2D eigenvalue weighted by Gasteiger charge is -2.26. The number of fused-ring (bicyclic) bond motifs is 1. The lowest BCUT2D eigenvalue weighted by molar-refractivity contribution is -0.113. The molecule has 36 heavy (non-hydrogen) atoms. The van der Waals surface area contributed by atoms with Gasteiger partial charge in [0.05, 0.1) is 35.5 Å². The maximum absolute atomic E-state index is 13.6. The molecule has 1 aliphatic heterocycles. The van der Waals surface area contributed by atoms with Gasteiger partial charge in [-0.1, -0.05) is 24.1 Å². The number of nitrogens with one attached hydrogen (secondary N) is 1. The number of halogens is 2. The van der Waals surface area contributed by atoms with Crippen LogP contribution in [0.1, 0.15) is 5.56 Å². The van der Waals surface area contributed by atoms with E-state index in [0.717, 1.165) is 25.7 Å². The fourth-order valence-electron chi connectivity index (χ4n) is 3.48. The first kappa shape index (κ1) is 25.3. The maximum atomic E-state index is 13.6. The van der Waals surface area contributed by atoms with Gasteiger partial charge in [-0.3, -0.25) is 9.69 Å². The molecular formula is C26H23ClFN5O3. The SMILES string of the molecule is C=CC(=O)N=CC#Cc1cc2c(Nc3ccc(F)c(Cl)c3)ncnc2cc1OCCN1CCOCC1. The third-order valence-corrected chi connectivity index (χ3v) is 5.62. The number of nitrogens with zero attached hydrogens (tertiary/aromatic N) is 4. The molecule has 1 aromatic heterocycles. The average Bonchev–Trinajstić information content (AvgIpc) is 2.89. The van der Waals surface area contributed by atoms with E-state index in [0.29, 0.717) is 53.5 Å². The summed E-state index contributed by atoms with van der Waals surface area (Å²) in [6.07, 6.45) is 3.74. The Morgan fingerprint density at radius 2 is 2.14 bits per heavy atom. The minimum absolute atomic E-state index is 0.00534. The normalized spacial score (nSPS) is 13.8. The van der Waals surface area contributed by atoms with E-state index in [1.54, 1.807) is 18.2 Å². The summed E-state index contributed by atoms with van der Waals surface area (Å²) in [7, 11) is 0. The molecule has 0 bridgehead atoms. The van der Waals surface area contributed by atoms with Crippen molar-refractivity contribution >= 4 is 46.1 Å². The summed E-state index contributed by atoms with van der Waals surface area (Å²) in [5.74, 6) is 5.77. The second-order valence-corrected chi connectivity index (χ2v) is 8.12. The van der Waals surface area contributed by atoms with Gasteiger partial charge < -0.3 is 14.8 Å². The van der Waals surface area contributed by atoms with Crippen LogP contribution in [0, 0.1) is 17.7 Å². The fraction of sp³-hybridized carbons (Fsp3) is 0.231. The smallest absolute Gasteiger partial charge is 0.269 e. The van der Waals surface area contributed by atoms with Crippen molar-refractivity contribution in [1.82, 2.24) is 14.9 Å². The highest BCUT2D eigenvalue weighted by Gasteiger charge is 2.13. The molecule has 4 rings (SSSR count). The first-order valence-electron chi connectivity index (χ1n) is 11.2. The number of ether oxygens (including phenoxy) is 2. The molecule has 1 fully saturated rings. The summed E-state index contributed by atoms with van der Waals surface area (Å²) < 4.78 is 25.0. The highest BCUT2D eigenvalue weighted by molar-refractivity contribution is 6.31. The van der Waals surface area contributed by atoms with E-state index in [-0.39, 0.29) is 5.02 Å². The zero-order valence-corrected chi connectivity index (χ0v) is 20.1. The minimum Gasteiger partial charge on any atom is -0.491 e. The number of hydrogen-bond donors (Lipinski definition) is 1. The van der Waals surface area contributed by atoms with Crippen LogP contribution in [0.2, 0.25) is 5.02 Å². The predicted octanol–water partition coefficient (Wildman–Crippen LogP) is 4.01. The van der Waals surface area contributed by atoms with Crippen molar-refractivity contribution < 1.29 is 18.7 Å². The summed E-state index contributed by atoms with van der Waals surface area (Å²) in [5.41, 5.74) is 1.76. The largest absolute Gasteiger partial charge is 0.491 e. The Bertz CT molecular complexity index is 1360. The molecule has 1 amide bonds. The number of aliphatic imine (C=N–C) groups is 1. The molecule has 3 aromatic rings. The first-order valence-corrected chi connectivity index (χ1v) is 11.6. The molecular weight excluding hydrogens is 485 g/mol. The number of morpholine rings is 1. The van der Waals surface area contributed by atoms with Crippen molar-refractivity contribution in [3.63, 3.8) is 0 Å². The quantitative estimate of drug-likeness (QED) is 0.293. The molecule has 1 aliphatic rings. The van der Waals surface area contributed by atoms with Gasteiger partial charge in [0.25, 0.3) is 5.91 Å². The van der Waals surface area contributed by atoms with E-state index in [9.17, 15) is 9.18 Å². The molecule has 0 saturated carbocycles. The molecule has 2 heterocycles. The summed E-state index contributed by atoms with van der Waals surface area (Å²) in [4.78, 5) is 26.0. The van der Waals surface area contributed by atoms with Gasteiger partial charge in [-0.05, 0) is 36.3 Å². The van der Waals surface area contributed by atoms with Gasteiger partial charge in [-0.25, -0.2) is 19.4 Å². The lowest BCUT2D eigenvalue weighted by Crippen LogP contribution is -2.38. The molecule has 0 atom stereocenters. The summed E-state index contributed by atoms with van der Waals surface area (Å²) in [6.45, 7) is 7.71. The lowest BCUT2D eigenvalue weighted by atomic mass is 10.1. The van der Waals surface area contributed by atoms with Crippen LogP contribution in [0.5, 0.6) is 5.75 Å². The molecule has 184 valence electrons. The van der Waals surface area contributed by atoms with E-state index in [4.69, 9.17) is 21.1 Å². The zero-order valence-electron chi connectivity index (χ0n) is 19.3. The van der Waals surface area contributed by atoms with Gasteiger partial charge in [-0.15, -0.1) is 0 Å². The van der Waals surface area contributed by atoms with Crippen LogP contribution in [-0.2, 0) is 9.53 Å². The number of hydrogen-bond acceptors (Lipinski definition) is 7. The Morgan fingerprint density at radius 1 is 1.31 bits per heavy atom. The van der Waals surface area contributed by atoms with Crippen molar-refractivity contribution in [1.29, 1.82) is 0 Å². The van der Waals surface area contributed by atoms with Crippen LogP contribution in [-0.4, -0.2) is 66.4 Å². The number of anilines is 2. The summed E-state index contributed by atoms with van der Waals surface area (Å²) in [6, 6.07) is 7.89. The Balaban J connectivity index is 1.64. The number of amides is 1. The van der Waals surface area contributed by atoms with Crippen LogP contribution in [0.3, 0.4) is 0 Å². The van der Waals surface area contributed by atoms with E-state index in [1.807, 2.05) is 0 Å². The highest BCUT2D eigenvalue weighted by Crippen LogP contribution is 2.30. The van der Waals surface area contributed by atoms with E-state index in [2.05, 4.69) is 43.6 Å². The summed E-state index contributed by atoms with van der Waals surface area (Å²) >= 11 is 5.92. The van der Waals surface area contributed by atoms with Gasteiger partial charge >= 0.3 is 0 Å². The van der Waals surface area contributed by atoms with Gasteiger partial charge in [-0.2, -0.15) is 0 Å². The minimum atomic E-state index is -0.511. The number of carbonyl (C=O) groups is 1. The van der Waals surface area contributed by atoms with Gasteiger partial charge in [0.15, 0.2) is 0 Å². The van der Waals surface area contributed by atoms with Gasteiger partial charge in [0.2, 0.25) is 0 Å². The zero-order chi connectivity index (χ0) is 25.3. The monoisotopic (exact) mass is 507 g/mol. The molecule has 0 aliphatic carbocycles. The van der Waals surface area contributed by atoms with Crippen LogP contribution in [0.15, 0.2) is 54.3 Å². The standard InChI is InChI=1S/C26H23ClFN5O3/c1-2-25(34)29-7-3-4-18-14-20-23(16-24(18)36-13-10-33-8-11-35-12-9-33)30-17-31-26(20)32-19-5-6-22(28)21(27)15-19/h2,5-7,14-17H,1,8-13H2,(H,30,31,32). The van der Waals surface area contributed by atoms with E-state index < -0.39 is 11.7 Å². The van der Waals surface area contributed by atoms with Crippen LogP contribution in [0.4, 0.5) is 15.9 Å². The molecule has 1 saturated heterocycles. The van der Waals surface area contributed by atoms with Gasteiger partial charge in [0.1, 0.15) is 30.3 Å². The maximum Gasteiger partial charge on any atom is 0.269 e.